The van der Waals surface area contributed by atoms with Crippen molar-refractivity contribution in [2.45, 2.75) is 47.3 Å². The Kier molecular flexibility index (Phi) is 6.31. The Labute approximate surface area is 231 Å². The number of nitrogens with two attached hydrogens (primary N) is 3. The third kappa shape index (κ3) is 4.17. The van der Waals surface area contributed by atoms with Crippen molar-refractivity contribution in [3.05, 3.63) is 63.6 Å². The van der Waals surface area contributed by atoms with E-state index in [2.05, 4.69) is 25.9 Å². The first-order valence-electron chi connectivity index (χ1n) is 11.3. The highest BCUT2D eigenvalue weighted by Gasteiger charge is 2.78. The maximum atomic E-state index is 14.0. The molecule has 2 heterocycles. The summed E-state index contributed by atoms with van der Waals surface area (Å²) in [5, 5.41) is -1.70. The Morgan fingerprint density at radius 2 is 1.16 bits per heavy atom. The Morgan fingerprint density at radius 3 is 1.63 bits per heavy atom. The highest BCUT2D eigenvalue weighted by molar-refractivity contribution is 9.10. The van der Waals surface area contributed by atoms with Crippen LogP contribution in [0.5, 0.6) is 0 Å². The van der Waals surface area contributed by atoms with E-state index in [1.165, 1.54) is 50.2 Å². The maximum Gasteiger partial charge on any atom is 0.267 e. The number of halogens is 7. The second-order valence-electron chi connectivity index (χ2n) is 9.94. The number of alkyl halides is 4. The van der Waals surface area contributed by atoms with Crippen molar-refractivity contribution in [3.8, 4) is 0 Å². The van der Waals surface area contributed by atoms with Crippen LogP contribution in [-0.2, 0) is 11.1 Å². The van der Waals surface area contributed by atoms with Crippen molar-refractivity contribution in [2.24, 2.45) is 33.3 Å². The minimum atomic E-state index is -2.89. The summed E-state index contributed by atoms with van der Waals surface area (Å²) in [6.07, 6.45) is 0. The molecule has 6 N–H and O–H groups in total. The van der Waals surface area contributed by atoms with Crippen LogP contribution in [-0.4, -0.2) is 32.7 Å². The lowest BCUT2D eigenvalue weighted by Gasteiger charge is -2.29. The van der Waals surface area contributed by atoms with Crippen molar-refractivity contribution in [3.63, 3.8) is 0 Å². The summed E-state index contributed by atoms with van der Waals surface area (Å²) in [5.74, 6) is -8.95. The van der Waals surface area contributed by atoms with Gasteiger partial charge < -0.3 is 17.2 Å². The zero-order chi connectivity index (χ0) is 28.0. The summed E-state index contributed by atoms with van der Waals surface area (Å²) in [6, 6.07) is 8.17. The second-order valence-corrected chi connectivity index (χ2v) is 13.2. The van der Waals surface area contributed by atoms with Crippen LogP contribution in [0, 0.1) is 23.5 Å². The van der Waals surface area contributed by atoms with E-state index in [4.69, 9.17) is 17.2 Å². The first-order valence-corrected chi connectivity index (χ1v) is 13.9. The summed E-state index contributed by atoms with van der Waals surface area (Å²) < 4.78 is 83.7. The van der Waals surface area contributed by atoms with Crippen molar-refractivity contribution in [1.29, 1.82) is 0 Å². The van der Waals surface area contributed by atoms with Gasteiger partial charge in [0.25, 0.3) is 11.8 Å². The fraction of sp³-hybridized carbons (Fsp3) is 0.417. The van der Waals surface area contributed by atoms with Gasteiger partial charge in [0.05, 0.1) is 33.4 Å². The Bertz CT molecular complexity index is 1290. The molecule has 0 aromatic heterocycles. The number of amidine groups is 2. The van der Waals surface area contributed by atoms with Crippen molar-refractivity contribution < 1.29 is 26.3 Å². The average Bonchev–Trinajstić information content (AvgIpc) is 3.59. The van der Waals surface area contributed by atoms with Gasteiger partial charge in [-0.2, -0.15) is 0 Å². The van der Waals surface area contributed by atoms with E-state index in [1.54, 1.807) is 0 Å². The molecule has 2 aliphatic carbocycles. The Hall–Kier alpha value is -2.06. The monoisotopic (exact) mass is 637 g/mol. The number of thioether (sulfide) groups is 2. The molecule has 0 saturated heterocycles. The average molecular weight is 639 g/mol. The van der Waals surface area contributed by atoms with E-state index in [0.29, 0.717) is 10.2 Å². The fourth-order valence-electron chi connectivity index (χ4n) is 5.41. The summed E-state index contributed by atoms with van der Waals surface area (Å²) in [6.45, 7) is 3.00. The molecule has 204 valence electrons. The first-order chi connectivity index (χ1) is 17.5. The summed E-state index contributed by atoms with van der Waals surface area (Å²) in [5.41, 5.74) is 14.7. The van der Waals surface area contributed by atoms with E-state index < -0.39 is 56.9 Å². The van der Waals surface area contributed by atoms with Crippen molar-refractivity contribution in [1.82, 2.24) is 0 Å². The number of aliphatic imine (C=N–C) groups is 2. The zero-order valence-corrected chi connectivity index (χ0v) is 23.1. The van der Waals surface area contributed by atoms with Crippen LogP contribution in [0.3, 0.4) is 0 Å². The molecule has 4 aliphatic rings. The SMILES string of the molecule is C[C@]1(c2cc(Br)ccc2F)N=C(N)S[C@@H]2[C@H]1C2(F)F.C[C@]1(c2cc(N)ccc2F)N=C(N)S[C@@H]2[C@H]1C2(F)F. The van der Waals surface area contributed by atoms with Crippen LogP contribution < -0.4 is 17.2 Å². The normalized spacial score (nSPS) is 35.5. The van der Waals surface area contributed by atoms with Gasteiger partial charge in [0.15, 0.2) is 10.3 Å². The number of nitrogen functional groups attached to an aromatic ring is 1. The lowest BCUT2D eigenvalue weighted by atomic mass is 9.86. The molecule has 14 heteroatoms. The minimum Gasteiger partial charge on any atom is -0.399 e. The molecule has 2 fully saturated rings. The third-order valence-corrected chi connectivity index (χ3v) is 10.2. The van der Waals surface area contributed by atoms with Gasteiger partial charge in [-0.1, -0.05) is 39.5 Å². The predicted molar refractivity (Wildman–Crippen MR) is 142 cm³/mol. The largest absolute Gasteiger partial charge is 0.399 e. The predicted octanol–water partition coefficient (Wildman–Crippen LogP) is 5.82. The molecular formula is C24H22BrF6N5S2. The molecule has 2 saturated carbocycles. The lowest BCUT2D eigenvalue weighted by Crippen LogP contribution is -2.32. The molecule has 6 rings (SSSR count). The highest BCUT2D eigenvalue weighted by Crippen LogP contribution is 2.68. The fourth-order valence-corrected chi connectivity index (χ4v) is 8.39. The molecule has 38 heavy (non-hydrogen) atoms. The van der Waals surface area contributed by atoms with Gasteiger partial charge in [-0.05, 0) is 50.2 Å². The number of nitrogens with zero attached hydrogens (tertiary/aromatic N) is 2. The molecule has 0 spiro atoms. The third-order valence-electron chi connectivity index (χ3n) is 7.38. The van der Waals surface area contributed by atoms with E-state index >= 15 is 0 Å². The molecule has 5 nitrogen and oxygen atoms in total. The number of hydrogen-bond donors (Lipinski definition) is 3. The van der Waals surface area contributed by atoms with Gasteiger partial charge in [0.1, 0.15) is 11.6 Å². The molecule has 2 aromatic rings. The molecule has 2 aliphatic heterocycles. The molecule has 0 unspecified atom stereocenters. The van der Waals surface area contributed by atoms with Crippen LogP contribution in [0.1, 0.15) is 25.0 Å². The summed E-state index contributed by atoms with van der Waals surface area (Å²) in [4.78, 5) is 8.21. The van der Waals surface area contributed by atoms with Crippen molar-refractivity contribution >= 4 is 55.5 Å². The van der Waals surface area contributed by atoms with Crippen molar-refractivity contribution in [2.75, 3.05) is 5.73 Å². The van der Waals surface area contributed by atoms with Gasteiger partial charge in [-0.15, -0.1) is 0 Å². The molecule has 0 bridgehead atoms. The number of fused-ring (bicyclic) bond motifs is 2. The number of anilines is 1. The summed E-state index contributed by atoms with van der Waals surface area (Å²) >= 11 is 4.95. The van der Waals surface area contributed by atoms with Gasteiger partial charge in [-0.3, -0.25) is 9.98 Å². The Morgan fingerprint density at radius 1 is 0.737 bits per heavy atom. The van der Waals surface area contributed by atoms with Gasteiger partial charge in [0.2, 0.25) is 0 Å². The van der Waals surface area contributed by atoms with Gasteiger partial charge >= 0.3 is 0 Å². The molecular weight excluding hydrogens is 616 g/mol. The molecule has 0 radical (unpaired) electrons. The van der Waals surface area contributed by atoms with Gasteiger partial charge in [-0.25, -0.2) is 26.3 Å². The number of rotatable bonds is 2. The van der Waals surface area contributed by atoms with Crippen LogP contribution in [0.25, 0.3) is 0 Å². The second kappa shape index (κ2) is 8.72. The van der Waals surface area contributed by atoms with Crippen LogP contribution in [0.2, 0.25) is 0 Å². The topological polar surface area (TPSA) is 103 Å². The quantitative estimate of drug-likeness (QED) is 0.285. The first kappa shape index (κ1) is 27.5. The number of benzene rings is 2. The summed E-state index contributed by atoms with van der Waals surface area (Å²) in [7, 11) is 0. The zero-order valence-electron chi connectivity index (χ0n) is 19.9. The highest BCUT2D eigenvalue weighted by atomic mass is 79.9. The number of hydrogen-bond acceptors (Lipinski definition) is 7. The minimum absolute atomic E-state index is 0.0581. The van der Waals surface area contributed by atoms with Gasteiger partial charge in [0, 0.05) is 21.3 Å². The van der Waals surface area contributed by atoms with E-state index in [9.17, 15) is 26.3 Å². The smallest absolute Gasteiger partial charge is 0.267 e. The lowest BCUT2D eigenvalue weighted by molar-refractivity contribution is 0.0811. The van der Waals surface area contributed by atoms with E-state index in [0.717, 1.165) is 23.5 Å². The maximum absolute atomic E-state index is 14.0. The van der Waals surface area contributed by atoms with E-state index in [1.807, 2.05) is 0 Å². The van der Waals surface area contributed by atoms with E-state index in [-0.39, 0.29) is 21.5 Å². The molecule has 0 amide bonds. The molecule has 2 aromatic carbocycles. The Balaban J connectivity index is 0.000000155. The van der Waals surface area contributed by atoms with Crippen LogP contribution >= 0.6 is 39.5 Å². The van der Waals surface area contributed by atoms with Crippen LogP contribution in [0.4, 0.5) is 32.0 Å². The molecule has 6 atom stereocenters. The standard InChI is InChI=1S/C12H10BrF3N2S.C12H12F3N3S/c1-11(6-4-5(13)2-3-7(6)14)8-9(12(8,15)16)19-10(17)18-11;1-11(6-4-5(16)2-3-7(6)13)8-9(12(8,14)15)19-10(17)18-11/h2-4,8-9H,1H3,(H2,17,18);2-4,8-9H,16H2,1H3,(H2,17,18)/t2*8-,9-,11-/m11/s1. The van der Waals surface area contributed by atoms with Crippen LogP contribution in [0.15, 0.2) is 50.9 Å².